The summed E-state index contributed by atoms with van der Waals surface area (Å²) >= 11 is 1.49. The number of aryl methyl sites for hydroxylation is 1. The monoisotopic (exact) mass is 572 g/mol. The summed E-state index contributed by atoms with van der Waals surface area (Å²) in [5.41, 5.74) is 4.61. The molecule has 1 aromatic heterocycles. The number of nitrogens with zero attached hydrogens (tertiary/aromatic N) is 5. The lowest BCUT2D eigenvalue weighted by atomic mass is 9.90. The average Bonchev–Trinajstić information content (AvgIpc) is 3.89. The van der Waals surface area contributed by atoms with Gasteiger partial charge in [0.15, 0.2) is 6.21 Å². The van der Waals surface area contributed by atoms with Crippen LogP contribution in [0.15, 0.2) is 39.1 Å². The molecule has 0 aromatic carbocycles. The maximum absolute atomic E-state index is 13.5. The minimum atomic E-state index is -0.828. The molecule has 2 fully saturated rings. The fourth-order valence-corrected chi connectivity index (χ4v) is 6.60. The van der Waals surface area contributed by atoms with Crippen LogP contribution in [0.4, 0.5) is 0 Å². The van der Waals surface area contributed by atoms with Crippen LogP contribution in [0.5, 0.6) is 0 Å². The van der Waals surface area contributed by atoms with Crippen LogP contribution in [-0.4, -0.2) is 70.1 Å². The number of aliphatic hydroxyl groups is 1. The van der Waals surface area contributed by atoms with Crippen molar-refractivity contribution in [1.29, 1.82) is 5.41 Å². The number of thiophene rings is 1. The highest BCUT2D eigenvalue weighted by molar-refractivity contribution is 7.15. The summed E-state index contributed by atoms with van der Waals surface area (Å²) in [7, 11) is 0. The van der Waals surface area contributed by atoms with E-state index in [4.69, 9.17) is 15.5 Å². The van der Waals surface area contributed by atoms with Gasteiger partial charge in [-0.2, -0.15) is 0 Å². The number of carbonyl (C=O) groups excluding carboxylic acids is 1. The van der Waals surface area contributed by atoms with Crippen molar-refractivity contribution in [3.8, 4) is 0 Å². The topological polar surface area (TPSA) is 128 Å². The fraction of sp³-hybridized carbons (Fsp3) is 0.516. The number of Topliss-reactive ketones (excluding diaryl/α,β-unsaturated/α-hetero) is 1. The molecule has 9 nitrogen and oxygen atoms in total. The molecule has 41 heavy (non-hydrogen) atoms. The van der Waals surface area contributed by atoms with Gasteiger partial charge < -0.3 is 10.5 Å². The van der Waals surface area contributed by atoms with Gasteiger partial charge in [0.2, 0.25) is 5.78 Å². The molecule has 2 atom stereocenters. The highest BCUT2D eigenvalue weighted by Crippen LogP contribution is 2.39. The smallest absolute Gasteiger partial charge is 0.386 e. The van der Waals surface area contributed by atoms with Gasteiger partial charge in [0.05, 0.1) is 34.8 Å². The summed E-state index contributed by atoms with van der Waals surface area (Å²) < 4.78 is 4.55. The zero-order valence-electron chi connectivity index (χ0n) is 23.9. The lowest BCUT2D eigenvalue weighted by Crippen LogP contribution is -2.40. The summed E-state index contributed by atoms with van der Waals surface area (Å²) in [4.78, 5) is 24.4. The normalized spacial score (nSPS) is 23.6. The van der Waals surface area contributed by atoms with E-state index in [1.54, 1.807) is 11.2 Å². The van der Waals surface area contributed by atoms with Gasteiger partial charge in [-0.1, -0.05) is 13.8 Å². The third-order valence-corrected chi connectivity index (χ3v) is 9.48. The molecule has 0 saturated heterocycles. The third-order valence-electron chi connectivity index (χ3n) is 8.16. The summed E-state index contributed by atoms with van der Waals surface area (Å²) in [5.74, 6) is 1.49. The van der Waals surface area contributed by atoms with E-state index < -0.39 is 6.10 Å². The van der Waals surface area contributed by atoms with Crippen molar-refractivity contribution in [1.82, 2.24) is 15.0 Å². The van der Waals surface area contributed by atoms with Crippen LogP contribution in [0.3, 0.4) is 0 Å². The minimum Gasteiger partial charge on any atom is -0.386 e. The molecule has 3 N–H and O–H groups in total. The van der Waals surface area contributed by atoms with Crippen LogP contribution >= 0.6 is 11.3 Å². The second kappa shape index (κ2) is 11.4. The van der Waals surface area contributed by atoms with Gasteiger partial charge in [0.25, 0.3) is 0 Å². The molecule has 5 aliphatic rings. The summed E-state index contributed by atoms with van der Waals surface area (Å²) in [6, 6.07) is 0.0217. The van der Waals surface area contributed by atoms with Crippen molar-refractivity contribution in [2.75, 3.05) is 6.54 Å². The van der Waals surface area contributed by atoms with Gasteiger partial charge in [-0.15, -0.1) is 21.4 Å². The Morgan fingerprint density at radius 1 is 1.32 bits per heavy atom. The Hall–Kier alpha value is -3.46. The Kier molecular flexibility index (Phi) is 7.72. The van der Waals surface area contributed by atoms with Crippen LogP contribution in [0.25, 0.3) is 0 Å². The quantitative estimate of drug-likeness (QED) is 0.224. The molecule has 0 bridgehead atoms. The molecule has 214 valence electrons. The second-order valence-corrected chi connectivity index (χ2v) is 13.1. The number of carbonyl (C=O) groups is 1. The van der Waals surface area contributed by atoms with E-state index in [2.05, 4.69) is 41.8 Å². The molecular formula is C31H38N7O2S+. The molecule has 3 aliphatic carbocycles. The fourth-order valence-electron chi connectivity index (χ4n) is 5.30. The van der Waals surface area contributed by atoms with Crippen molar-refractivity contribution in [2.45, 2.75) is 77.9 Å². The van der Waals surface area contributed by atoms with Crippen LogP contribution in [0.2, 0.25) is 0 Å². The van der Waals surface area contributed by atoms with Crippen LogP contribution in [0, 0.1) is 23.2 Å². The standard InChI is InChI=1S/C31H37N7O2S/c1-17(2)23-14-24(18(3)35-23)36-31-34-11-4-12-38(31)37-21-9-10-26-22(13-21)27(25(39)16-33-15-19-5-6-19)30(41-26)28(32)29(40)20-7-8-20/h4,11-12,14,16-20,29,32,40H,5-10,13,15H2,1-3H3/p+1/b32-28?,33-16?,37-21-. The first-order valence-electron chi connectivity index (χ1n) is 14.7. The largest absolute Gasteiger partial charge is 0.474 e. The number of rotatable bonds is 10. The first kappa shape index (κ1) is 27.7. The number of hydrogen-bond donors (Lipinski definition) is 3. The van der Waals surface area contributed by atoms with Gasteiger partial charge in [-0.3, -0.25) is 14.8 Å². The molecule has 2 aliphatic heterocycles. The van der Waals surface area contributed by atoms with Gasteiger partial charge in [-0.25, -0.2) is 9.98 Å². The van der Waals surface area contributed by atoms with Gasteiger partial charge in [0, 0.05) is 35.2 Å². The number of ketones is 1. The number of aliphatic hydroxyl groups excluding tert-OH is 1. The van der Waals surface area contributed by atoms with Crippen molar-refractivity contribution >= 4 is 52.6 Å². The Labute approximate surface area is 244 Å². The molecular weight excluding hydrogens is 534 g/mol. The summed E-state index contributed by atoms with van der Waals surface area (Å²) in [6.07, 6.45) is 14.4. The van der Waals surface area contributed by atoms with E-state index in [1.807, 2.05) is 12.3 Å². The first-order valence-corrected chi connectivity index (χ1v) is 15.6. The maximum Gasteiger partial charge on any atom is 0.474 e. The van der Waals surface area contributed by atoms with Crippen LogP contribution in [-0.2, 0) is 12.8 Å². The average molecular weight is 573 g/mol. The maximum atomic E-state index is 13.5. The van der Waals surface area contributed by atoms with Gasteiger partial charge >= 0.3 is 5.96 Å². The number of guanidine groups is 1. The number of hydrazone groups is 1. The molecule has 0 radical (unpaired) electrons. The summed E-state index contributed by atoms with van der Waals surface area (Å²) in [6.45, 7) is 7.01. The molecule has 3 heterocycles. The minimum absolute atomic E-state index is 0.0217. The van der Waals surface area contributed by atoms with Gasteiger partial charge in [0.1, 0.15) is 11.7 Å². The highest BCUT2D eigenvalue weighted by atomic mass is 32.1. The number of fused-ring (bicyclic) bond motifs is 1. The van der Waals surface area contributed by atoms with E-state index in [9.17, 15) is 9.90 Å². The molecule has 0 spiro atoms. The number of hydrogen-bond acceptors (Lipinski definition) is 9. The SMILES string of the molecule is CC(C)C1=NC(C)C(NC2=[N+]=CC=CN2/N=C2/CCc3sc(C(=N)C(O)C4CC4)c(C(=O)C=NCC4CC4)c3C2)=C1. The number of aliphatic imine (C=N–C) groups is 2. The zero-order chi connectivity index (χ0) is 28.7. The molecule has 2 saturated carbocycles. The van der Waals surface area contributed by atoms with Crippen molar-refractivity contribution < 1.29 is 9.90 Å². The van der Waals surface area contributed by atoms with E-state index in [0.29, 0.717) is 41.2 Å². The van der Waals surface area contributed by atoms with E-state index in [1.165, 1.54) is 30.4 Å². The van der Waals surface area contributed by atoms with Crippen molar-refractivity contribution in [3.63, 3.8) is 0 Å². The highest BCUT2D eigenvalue weighted by Gasteiger charge is 2.37. The molecule has 2 unspecified atom stereocenters. The van der Waals surface area contributed by atoms with Gasteiger partial charge in [-0.05, 0) is 74.8 Å². The van der Waals surface area contributed by atoms with Crippen LogP contribution < -0.4 is 9.98 Å². The predicted octanol–water partition coefficient (Wildman–Crippen LogP) is 3.69. The van der Waals surface area contributed by atoms with Crippen molar-refractivity contribution in [3.05, 3.63) is 44.9 Å². The Morgan fingerprint density at radius 3 is 2.83 bits per heavy atom. The lowest BCUT2D eigenvalue weighted by molar-refractivity contribution is 0.107. The van der Waals surface area contributed by atoms with Crippen molar-refractivity contribution in [2.24, 2.45) is 32.8 Å². The summed E-state index contributed by atoms with van der Waals surface area (Å²) in [5, 5.41) is 29.7. The number of nitrogens with one attached hydrogen (secondary N) is 2. The Morgan fingerprint density at radius 2 is 2.12 bits per heavy atom. The predicted molar refractivity (Wildman–Crippen MR) is 167 cm³/mol. The first-order chi connectivity index (χ1) is 19.8. The molecule has 6 rings (SSSR count). The number of allylic oxidation sites excluding steroid dienone is 2. The van der Waals surface area contributed by atoms with Crippen LogP contribution in [0.1, 0.15) is 78.6 Å². The second-order valence-electron chi connectivity index (χ2n) is 11.9. The Balaban J connectivity index is 1.25. The molecule has 1 aromatic rings. The molecule has 10 heteroatoms. The van der Waals surface area contributed by atoms with E-state index in [0.717, 1.165) is 53.2 Å². The van der Waals surface area contributed by atoms with E-state index in [-0.39, 0.29) is 23.5 Å². The Bertz CT molecular complexity index is 1480. The lowest BCUT2D eigenvalue weighted by Gasteiger charge is -2.17. The zero-order valence-corrected chi connectivity index (χ0v) is 24.7. The van der Waals surface area contributed by atoms with E-state index >= 15 is 0 Å². The molecule has 0 amide bonds. The third kappa shape index (κ3) is 6.10.